The number of amides is 1. The van der Waals surface area contributed by atoms with Gasteiger partial charge in [-0.2, -0.15) is 0 Å². The Bertz CT molecular complexity index is 643. The van der Waals surface area contributed by atoms with Crippen LogP contribution in [-0.2, 0) is 17.6 Å². The Kier molecular flexibility index (Phi) is 8.66. The maximum absolute atomic E-state index is 12.5. The van der Waals surface area contributed by atoms with Gasteiger partial charge in [0, 0.05) is 25.2 Å². The molecular weight excluding hydrogens is 320 g/mol. The summed E-state index contributed by atoms with van der Waals surface area (Å²) in [6, 6.07) is 17.9. The molecule has 0 heterocycles. The second-order valence-corrected chi connectivity index (χ2v) is 5.56. The summed E-state index contributed by atoms with van der Waals surface area (Å²) in [7, 11) is 0. The summed E-state index contributed by atoms with van der Waals surface area (Å²) < 4.78 is 0. The molecule has 0 fully saturated rings. The molecule has 1 amide bonds. The van der Waals surface area contributed by atoms with E-state index in [4.69, 9.17) is 5.73 Å². The van der Waals surface area contributed by atoms with Gasteiger partial charge in [0.1, 0.15) is 0 Å². The van der Waals surface area contributed by atoms with Crippen LogP contribution in [0.25, 0.3) is 0 Å². The molecule has 3 nitrogen and oxygen atoms in total. The first kappa shape index (κ1) is 19.8. The van der Waals surface area contributed by atoms with Crippen molar-refractivity contribution in [2.24, 2.45) is 0 Å². The lowest BCUT2D eigenvalue weighted by molar-refractivity contribution is -0.130. The number of anilines is 1. The highest BCUT2D eigenvalue weighted by molar-refractivity contribution is 5.85. The lowest BCUT2D eigenvalue weighted by Crippen LogP contribution is -2.33. The zero-order valence-electron chi connectivity index (χ0n) is 13.9. The summed E-state index contributed by atoms with van der Waals surface area (Å²) in [6.45, 7) is 5.04. The Morgan fingerprint density at radius 3 is 2.38 bits per heavy atom. The van der Waals surface area contributed by atoms with Gasteiger partial charge in [-0.05, 0) is 30.0 Å². The van der Waals surface area contributed by atoms with Crippen LogP contribution in [0.5, 0.6) is 0 Å². The van der Waals surface area contributed by atoms with E-state index >= 15 is 0 Å². The van der Waals surface area contributed by atoms with Gasteiger partial charge >= 0.3 is 0 Å². The Morgan fingerprint density at radius 1 is 1.04 bits per heavy atom. The van der Waals surface area contributed by atoms with Crippen LogP contribution in [0.1, 0.15) is 17.5 Å². The standard InChI is InChI=1S/C20H24N2O.ClH/c1-2-15-22(16-14-17-8-4-3-5-9-17)20(23)13-12-18-10-6-7-11-19(18)21;/h2-11H,1,12-16,21H2;1H. The van der Waals surface area contributed by atoms with E-state index in [0.29, 0.717) is 25.9 Å². The van der Waals surface area contributed by atoms with Gasteiger partial charge in [-0.25, -0.2) is 0 Å². The van der Waals surface area contributed by atoms with Gasteiger partial charge in [0.2, 0.25) is 5.91 Å². The molecule has 0 saturated carbocycles. The van der Waals surface area contributed by atoms with E-state index in [1.54, 1.807) is 6.08 Å². The zero-order chi connectivity index (χ0) is 16.5. The summed E-state index contributed by atoms with van der Waals surface area (Å²) >= 11 is 0. The predicted octanol–water partition coefficient (Wildman–Crippen LogP) is 3.88. The Labute approximate surface area is 150 Å². The molecule has 0 aliphatic heterocycles. The van der Waals surface area contributed by atoms with E-state index < -0.39 is 0 Å². The predicted molar refractivity (Wildman–Crippen MR) is 103 cm³/mol. The van der Waals surface area contributed by atoms with E-state index in [9.17, 15) is 4.79 Å². The molecule has 0 aliphatic carbocycles. The topological polar surface area (TPSA) is 46.3 Å². The second-order valence-electron chi connectivity index (χ2n) is 5.56. The molecule has 0 atom stereocenters. The van der Waals surface area contributed by atoms with Crippen LogP contribution < -0.4 is 5.73 Å². The quantitative estimate of drug-likeness (QED) is 0.583. The van der Waals surface area contributed by atoms with Gasteiger partial charge in [-0.1, -0.05) is 54.6 Å². The van der Waals surface area contributed by atoms with Crippen molar-refractivity contribution in [2.45, 2.75) is 19.3 Å². The molecule has 128 valence electrons. The number of para-hydroxylation sites is 1. The van der Waals surface area contributed by atoms with Crippen molar-refractivity contribution in [3.05, 3.63) is 78.4 Å². The molecule has 0 unspecified atom stereocenters. The van der Waals surface area contributed by atoms with Gasteiger partial charge in [0.15, 0.2) is 0 Å². The summed E-state index contributed by atoms with van der Waals surface area (Å²) in [6.07, 6.45) is 3.77. The van der Waals surface area contributed by atoms with Crippen molar-refractivity contribution in [3.8, 4) is 0 Å². The average molecular weight is 345 g/mol. The van der Waals surface area contributed by atoms with Crippen molar-refractivity contribution in [2.75, 3.05) is 18.8 Å². The fourth-order valence-electron chi connectivity index (χ4n) is 2.54. The highest BCUT2D eigenvalue weighted by Crippen LogP contribution is 2.13. The van der Waals surface area contributed by atoms with Crippen molar-refractivity contribution in [1.82, 2.24) is 4.90 Å². The molecule has 0 spiro atoms. The summed E-state index contributed by atoms with van der Waals surface area (Å²) in [5, 5.41) is 0. The first-order chi connectivity index (χ1) is 11.2. The molecule has 0 aromatic heterocycles. The average Bonchev–Trinajstić information content (AvgIpc) is 2.58. The number of benzene rings is 2. The Balaban J connectivity index is 0.00000288. The molecule has 0 saturated heterocycles. The smallest absolute Gasteiger partial charge is 0.223 e. The first-order valence-electron chi connectivity index (χ1n) is 7.96. The number of carbonyl (C=O) groups excluding carboxylic acids is 1. The first-order valence-corrected chi connectivity index (χ1v) is 7.96. The van der Waals surface area contributed by atoms with E-state index in [2.05, 4.69) is 18.7 Å². The number of nitrogen functional groups attached to an aromatic ring is 1. The van der Waals surface area contributed by atoms with Gasteiger partial charge < -0.3 is 10.6 Å². The number of halogens is 1. The number of hydrogen-bond acceptors (Lipinski definition) is 2. The normalized spacial score (nSPS) is 9.83. The number of aryl methyl sites for hydroxylation is 1. The summed E-state index contributed by atoms with van der Waals surface area (Å²) in [5.41, 5.74) is 8.95. The molecular formula is C20H25ClN2O. The fourth-order valence-corrected chi connectivity index (χ4v) is 2.54. The van der Waals surface area contributed by atoms with E-state index in [-0.39, 0.29) is 18.3 Å². The SMILES string of the molecule is C=CCN(CCc1ccccc1)C(=O)CCc1ccccc1N.Cl. The number of rotatable bonds is 8. The molecule has 24 heavy (non-hydrogen) atoms. The molecule has 4 heteroatoms. The molecule has 2 aromatic rings. The minimum Gasteiger partial charge on any atom is -0.399 e. The third kappa shape index (κ3) is 6.09. The van der Waals surface area contributed by atoms with Crippen LogP contribution in [0.4, 0.5) is 5.69 Å². The minimum atomic E-state index is 0. The van der Waals surface area contributed by atoms with Crippen LogP contribution in [0.15, 0.2) is 67.3 Å². The lowest BCUT2D eigenvalue weighted by Gasteiger charge is -2.21. The highest BCUT2D eigenvalue weighted by atomic mass is 35.5. The van der Waals surface area contributed by atoms with Gasteiger partial charge in [0.05, 0.1) is 0 Å². The Morgan fingerprint density at radius 2 is 1.71 bits per heavy atom. The maximum atomic E-state index is 12.5. The number of nitrogens with zero attached hydrogens (tertiary/aromatic N) is 1. The maximum Gasteiger partial charge on any atom is 0.223 e. The van der Waals surface area contributed by atoms with Crippen LogP contribution in [0.2, 0.25) is 0 Å². The Hall–Kier alpha value is -2.26. The van der Waals surface area contributed by atoms with Crippen molar-refractivity contribution in [3.63, 3.8) is 0 Å². The molecule has 2 N–H and O–H groups in total. The van der Waals surface area contributed by atoms with Crippen LogP contribution in [-0.4, -0.2) is 23.9 Å². The van der Waals surface area contributed by atoms with Crippen molar-refractivity contribution < 1.29 is 4.79 Å². The van der Waals surface area contributed by atoms with Gasteiger partial charge in [0.25, 0.3) is 0 Å². The fraction of sp³-hybridized carbons (Fsp3) is 0.250. The molecule has 2 rings (SSSR count). The lowest BCUT2D eigenvalue weighted by atomic mass is 10.1. The molecule has 0 bridgehead atoms. The highest BCUT2D eigenvalue weighted by Gasteiger charge is 2.12. The monoisotopic (exact) mass is 344 g/mol. The second kappa shape index (κ2) is 10.5. The number of carbonyl (C=O) groups is 1. The van der Waals surface area contributed by atoms with Crippen LogP contribution in [0.3, 0.4) is 0 Å². The van der Waals surface area contributed by atoms with E-state index in [1.165, 1.54) is 5.56 Å². The van der Waals surface area contributed by atoms with E-state index in [1.807, 2.05) is 47.4 Å². The number of hydrogen-bond donors (Lipinski definition) is 1. The van der Waals surface area contributed by atoms with Crippen molar-refractivity contribution in [1.29, 1.82) is 0 Å². The zero-order valence-corrected chi connectivity index (χ0v) is 14.7. The van der Waals surface area contributed by atoms with Gasteiger partial charge in [-0.15, -0.1) is 19.0 Å². The minimum absolute atomic E-state index is 0. The molecule has 0 aliphatic rings. The van der Waals surface area contributed by atoms with Crippen molar-refractivity contribution >= 4 is 24.0 Å². The summed E-state index contributed by atoms with van der Waals surface area (Å²) in [5.74, 6) is 0.143. The molecule has 2 aromatic carbocycles. The van der Waals surface area contributed by atoms with Gasteiger partial charge in [-0.3, -0.25) is 4.79 Å². The largest absolute Gasteiger partial charge is 0.399 e. The third-order valence-electron chi connectivity index (χ3n) is 3.88. The molecule has 0 radical (unpaired) electrons. The van der Waals surface area contributed by atoms with Crippen LogP contribution >= 0.6 is 12.4 Å². The summed E-state index contributed by atoms with van der Waals surface area (Å²) in [4.78, 5) is 14.3. The van der Waals surface area contributed by atoms with Crippen LogP contribution in [0, 0.1) is 0 Å². The number of nitrogens with two attached hydrogens (primary N) is 1. The third-order valence-corrected chi connectivity index (χ3v) is 3.88. The van der Waals surface area contributed by atoms with E-state index in [0.717, 1.165) is 17.7 Å².